The third kappa shape index (κ3) is 4.88. The first-order chi connectivity index (χ1) is 13.3. The van der Waals surface area contributed by atoms with E-state index in [0.717, 1.165) is 36.4 Å². The number of aromatic nitrogens is 1. The smallest absolute Gasteiger partial charge is 0.128 e. The van der Waals surface area contributed by atoms with E-state index >= 15 is 0 Å². The van der Waals surface area contributed by atoms with Gasteiger partial charge in [0.15, 0.2) is 0 Å². The van der Waals surface area contributed by atoms with Gasteiger partial charge in [-0.05, 0) is 50.2 Å². The Labute approximate surface area is 159 Å². The number of pyridine rings is 1. The van der Waals surface area contributed by atoms with Crippen molar-refractivity contribution >= 4 is 22.8 Å². The van der Waals surface area contributed by atoms with E-state index in [9.17, 15) is 17.6 Å². The quantitative estimate of drug-likeness (QED) is 0.406. The van der Waals surface area contributed by atoms with Crippen molar-refractivity contribution in [1.82, 2.24) is 4.98 Å². The van der Waals surface area contributed by atoms with Crippen LogP contribution in [0.5, 0.6) is 0 Å². The molecule has 0 unspecified atom stereocenters. The Bertz CT molecular complexity index is 968. The SMILES string of the molecule is CC(=Nc1cc(F)cc(F)c1)c1cccc(C(C)=Nc2cc(F)cc(F)c2)n1. The van der Waals surface area contributed by atoms with E-state index in [-0.39, 0.29) is 11.4 Å². The van der Waals surface area contributed by atoms with Gasteiger partial charge in [0, 0.05) is 12.1 Å². The molecule has 0 aliphatic rings. The first-order valence-corrected chi connectivity index (χ1v) is 8.31. The second-order valence-electron chi connectivity index (χ2n) is 6.06. The monoisotopic (exact) mass is 385 g/mol. The number of aliphatic imine (C=N–C) groups is 2. The molecule has 2 aromatic carbocycles. The Morgan fingerprint density at radius 1 is 0.643 bits per heavy atom. The lowest BCUT2D eigenvalue weighted by molar-refractivity contribution is 0.583. The second-order valence-corrected chi connectivity index (χ2v) is 6.06. The van der Waals surface area contributed by atoms with Crippen LogP contribution >= 0.6 is 0 Å². The molecule has 0 aliphatic heterocycles. The summed E-state index contributed by atoms with van der Waals surface area (Å²) in [4.78, 5) is 12.8. The maximum atomic E-state index is 13.3. The number of rotatable bonds is 4. The van der Waals surface area contributed by atoms with Crippen LogP contribution < -0.4 is 0 Å². The van der Waals surface area contributed by atoms with Gasteiger partial charge in [0.05, 0.1) is 34.2 Å². The van der Waals surface area contributed by atoms with Gasteiger partial charge in [0.2, 0.25) is 0 Å². The third-order valence-corrected chi connectivity index (χ3v) is 3.78. The average molecular weight is 385 g/mol. The minimum Gasteiger partial charge on any atom is -0.251 e. The lowest BCUT2D eigenvalue weighted by atomic mass is 10.2. The molecular weight excluding hydrogens is 370 g/mol. The lowest BCUT2D eigenvalue weighted by Crippen LogP contribution is -2.05. The molecule has 0 saturated heterocycles. The van der Waals surface area contributed by atoms with E-state index in [2.05, 4.69) is 15.0 Å². The summed E-state index contributed by atoms with van der Waals surface area (Å²) in [6.45, 7) is 3.31. The molecule has 0 radical (unpaired) electrons. The Morgan fingerprint density at radius 3 is 1.36 bits per heavy atom. The largest absolute Gasteiger partial charge is 0.251 e. The first kappa shape index (κ1) is 19.4. The van der Waals surface area contributed by atoms with Crippen molar-refractivity contribution in [1.29, 1.82) is 0 Å². The van der Waals surface area contributed by atoms with Crippen molar-refractivity contribution in [3.63, 3.8) is 0 Å². The van der Waals surface area contributed by atoms with Crippen LogP contribution in [0.4, 0.5) is 28.9 Å². The van der Waals surface area contributed by atoms with Gasteiger partial charge >= 0.3 is 0 Å². The van der Waals surface area contributed by atoms with Crippen LogP contribution in [0.3, 0.4) is 0 Å². The molecule has 0 atom stereocenters. The van der Waals surface area contributed by atoms with Gasteiger partial charge in [-0.25, -0.2) is 22.5 Å². The van der Waals surface area contributed by atoms with Gasteiger partial charge in [-0.15, -0.1) is 0 Å². The molecule has 1 heterocycles. The third-order valence-electron chi connectivity index (χ3n) is 3.78. The van der Waals surface area contributed by atoms with E-state index in [1.54, 1.807) is 32.0 Å². The molecule has 28 heavy (non-hydrogen) atoms. The number of halogens is 4. The first-order valence-electron chi connectivity index (χ1n) is 8.31. The zero-order valence-electron chi connectivity index (χ0n) is 15.0. The Kier molecular flexibility index (Phi) is 5.63. The Hall–Kier alpha value is -3.35. The van der Waals surface area contributed by atoms with E-state index in [1.165, 1.54) is 0 Å². The standard InChI is InChI=1S/C21H15F4N3/c1-12(26-18-8-14(22)6-15(23)9-18)20-4-3-5-21(28-20)13(2)27-19-10-16(24)7-17(25)11-19/h3-11H,1-2H3. The van der Waals surface area contributed by atoms with Gasteiger partial charge in [-0.1, -0.05) is 6.07 Å². The molecule has 3 aromatic rings. The molecular formula is C21H15F4N3. The van der Waals surface area contributed by atoms with Crippen molar-refractivity contribution in [3.8, 4) is 0 Å². The maximum Gasteiger partial charge on any atom is 0.128 e. The van der Waals surface area contributed by atoms with E-state index in [1.807, 2.05) is 0 Å². The van der Waals surface area contributed by atoms with Crippen molar-refractivity contribution in [2.45, 2.75) is 13.8 Å². The zero-order chi connectivity index (χ0) is 20.3. The highest BCUT2D eigenvalue weighted by Gasteiger charge is 2.07. The van der Waals surface area contributed by atoms with Crippen molar-refractivity contribution < 1.29 is 17.6 Å². The van der Waals surface area contributed by atoms with Crippen molar-refractivity contribution in [2.75, 3.05) is 0 Å². The zero-order valence-corrected chi connectivity index (χ0v) is 15.0. The summed E-state index contributed by atoms with van der Waals surface area (Å²) in [6.07, 6.45) is 0. The van der Waals surface area contributed by atoms with Crippen LogP contribution in [0.25, 0.3) is 0 Å². The van der Waals surface area contributed by atoms with E-state index in [0.29, 0.717) is 22.8 Å². The summed E-state index contributed by atoms with van der Waals surface area (Å²) < 4.78 is 53.3. The van der Waals surface area contributed by atoms with E-state index in [4.69, 9.17) is 0 Å². The van der Waals surface area contributed by atoms with Crippen LogP contribution in [-0.2, 0) is 0 Å². The average Bonchev–Trinajstić information content (AvgIpc) is 2.60. The fourth-order valence-electron chi connectivity index (χ4n) is 2.55. The molecule has 0 spiro atoms. The van der Waals surface area contributed by atoms with Crippen LogP contribution in [-0.4, -0.2) is 16.4 Å². The van der Waals surface area contributed by atoms with Crippen molar-refractivity contribution in [2.24, 2.45) is 9.98 Å². The van der Waals surface area contributed by atoms with Gasteiger partial charge in [0.1, 0.15) is 23.3 Å². The Balaban J connectivity index is 1.92. The number of hydrogen-bond donors (Lipinski definition) is 0. The molecule has 0 bridgehead atoms. The molecule has 142 valence electrons. The highest BCUT2D eigenvalue weighted by Crippen LogP contribution is 2.19. The summed E-state index contributed by atoms with van der Waals surface area (Å²) in [5.74, 6) is -2.89. The highest BCUT2D eigenvalue weighted by molar-refractivity contribution is 6.02. The minimum absolute atomic E-state index is 0.128. The lowest BCUT2D eigenvalue weighted by Gasteiger charge is -2.05. The van der Waals surface area contributed by atoms with Crippen molar-refractivity contribution in [3.05, 3.63) is 89.3 Å². The summed E-state index contributed by atoms with van der Waals surface area (Å²) in [5, 5.41) is 0. The molecule has 0 saturated carbocycles. The van der Waals surface area contributed by atoms with Gasteiger partial charge < -0.3 is 0 Å². The number of nitrogens with zero attached hydrogens (tertiary/aromatic N) is 3. The minimum atomic E-state index is -0.724. The summed E-state index contributed by atoms with van der Waals surface area (Å²) in [7, 11) is 0. The molecule has 0 N–H and O–H groups in total. The molecule has 1 aromatic heterocycles. The van der Waals surface area contributed by atoms with E-state index < -0.39 is 23.3 Å². The summed E-state index contributed by atoms with van der Waals surface area (Å²) in [5.41, 5.74) is 2.09. The molecule has 7 heteroatoms. The Morgan fingerprint density at radius 2 is 1.00 bits per heavy atom. The number of benzene rings is 2. The molecule has 0 amide bonds. The van der Waals surface area contributed by atoms with Crippen LogP contribution in [0.15, 0.2) is 64.6 Å². The molecule has 0 aliphatic carbocycles. The van der Waals surface area contributed by atoms with Crippen LogP contribution in [0.2, 0.25) is 0 Å². The summed E-state index contributed by atoms with van der Waals surface area (Å²) in [6, 6.07) is 11.1. The van der Waals surface area contributed by atoms with Gasteiger partial charge in [0.25, 0.3) is 0 Å². The fourth-order valence-corrected chi connectivity index (χ4v) is 2.55. The second kappa shape index (κ2) is 8.12. The molecule has 0 fully saturated rings. The number of hydrogen-bond acceptors (Lipinski definition) is 3. The van der Waals surface area contributed by atoms with Crippen LogP contribution in [0.1, 0.15) is 25.2 Å². The molecule has 3 nitrogen and oxygen atoms in total. The molecule has 3 rings (SSSR count). The highest BCUT2D eigenvalue weighted by atomic mass is 19.1. The normalized spacial score (nSPS) is 12.4. The van der Waals surface area contributed by atoms with Gasteiger partial charge in [-0.3, -0.25) is 9.98 Å². The maximum absolute atomic E-state index is 13.3. The predicted molar refractivity (Wildman–Crippen MR) is 101 cm³/mol. The fraction of sp³-hybridized carbons (Fsp3) is 0.0952. The van der Waals surface area contributed by atoms with Crippen LogP contribution in [0, 0.1) is 23.3 Å². The topological polar surface area (TPSA) is 37.6 Å². The summed E-state index contributed by atoms with van der Waals surface area (Å²) >= 11 is 0. The predicted octanol–water partition coefficient (Wildman–Crippen LogP) is 5.92. The van der Waals surface area contributed by atoms with Gasteiger partial charge in [-0.2, -0.15) is 0 Å².